The molecule has 36 heavy (non-hydrogen) atoms. The minimum atomic E-state index is -0.836. The van der Waals surface area contributed by atoms with Gasteiger partial charge in [0, 0.05) is 17.2 Å². The van der Waals surface area contributed by atoms with Crippen molar-refractivity contribution in [2.45, 2.75) is 70.1 Å². The Balaban J connectivity index is 1.65. The lowest BCUT2D eigenvalue weighted by molar-refractivity contribution is 0.0503. The van der Waals surface area contributed by atoms with Crippen molar-refractivity contribution < 1.29 is 32.9 Å². The summed E-state index contributed by atoms with van der Waals surface area (Å²) in [5, 5.41) is 22.6. The molecule has 0 bridgehead atoms. The number of phenols is 1. The molecule has 2 aromatic carbocycles. The van der Waals surface area contributed by atoms with E-state index in [1.165, 1.54) is 24.5 Å². The van der Waals surface area contributed by atoms with E-state index in [9.17, 15) is 23.8 Å². The highest BCUT2D eigenvalue weighted by Gasteiger charge is 2.45. The fraction of sp³-hybridized carbons (Fsp3) is 0.407. The lowest BCUT2D eigenvalue weighted by atomic mass is 9.79. The normalized spacial score (nSPS) is 19.9. The van der Waals surface area contributed by atoms with Gasteiger partial charge in [0.15, 0.2) is 11.6 Å². The third-order valence-electron chi connectivity index (χ3n) is 6.35. The zero-order chi connectivity index (χ0) is 26.1. The molecule has 1 fully saturated rings. The second-order valence-electron chi connectivity index (χ2n) is 10.3. The number of para-hydroxylation sites is 1. The van der Waals surface area contributed by atoms with E-state index in [-0.39, 0.29) is 23.8 Å². The highest BCUT2D eigenvalue weighted by Crippen LogP contribution is 2.44. The van der Waals surface area contributed by atoms with Crippen LogP contribution >= 0.6 is 0 Å². The number of aliphatic hydroxyl groups is 1. The van der Waals surface area contributed by atoms with Crippen LogP contribution < -0.4 is 5.32 Å². The van der Waals surface area contributed by atoms with Crippen LogP contribution in [-0.2, 0) is 23.2 Å². The average molecular weight is 501 g/mol. The van der Waals surface area contributed by atoms with Crippen molar-refractivity contribution in [2.24, 2.45) is 0 Å². The van der Waals surface area contributed by atoms with Crippen LogP contribution in [0.4, 0.5) is 13.6 Å². The predicted octanol–water partition coefficient (Wildman–Crippen LogP) is 5.38. The largest absolute Gasteiger partial charge is 0.504 e. The van der Waals surface area contributed by atoms with Gasteiger partial charge in [0.2, 0.25) is 5.89 Å². The summed E-state index contributed by atoms with van der Waals surface area (Å²) in [6.07, 6.45) is 2.99. The molecule has 3 aromatic rings. The summed E-state index contributed by atoms with van der Waals surface area (Å²) in [6.45, 7) is 5.09. The number of rotatable bonds is 6. The minimum Gasteiger partial charge on any atom is -0.504 e. The van der Waals surface area contributed by atoms with E-state index in [0.717, 1.165) is 11.6 Å². The molecule has 9 heteroatoms. The molecular formula is C27H30F2N2O5. The fourth-order valence-corrected chi connectivity index (χ4v) is 4.79. The Kier molecular flexibility index (Phi) is 7.04. The van der Waals surface area contributed by atoms with Crippen LogP contribution in [0.1, 0.15) is 57.2 Å². The van der Waals surface area contributed by atoms with Crippen LogP contribution in [0.25, 0.3) is 11.1 Å². The highest BCUT2D eigenvalue weighted by molar-refractivity contribution is 5.71. The molecule has 192 valence electrons. The van der Waals surface area contributed by atoms with Gasteiger partial charge in [-0.1, -0.05) is 18.2 Å². The monoisotopic (exact) mass is 500 g/mol. The smallest absolute Gasteiger partial charge is 0.407 e. The molecule has 1 amide bonds. The second-order valence-corrected chi connectivity index (χ2v) is 10.3. The molecule has 0 saturated heterocycles. The number of nitrogens with one attached hydrogen (secondary N) is 1. The number of ether oxygens (including phenoxy) is 1. The van der Waals surface area contributed by atoms with Crippen molar-refractivity contribution in [2.75, 3.05) is 0 Å². The summed E-state index contributed by atoms with van der Waals surface area (Å²) in [5.41, 5.74) is -0.0472. The van der Waals surface area contributed by atoms with Crippen molar-refractivity contribution in [3.63, 3.8) is 0 Å². The third kappa shape index (κ3) is 5.51. The first-order valence-electron chi connectivity index (χ1n) is 11.8. The molecule has 2 atom stereocenters. The number of alkyl carbamates (subject to hydrolysis) is 1. The number of aromatic nitrogens is 1. The summed E-state index contributed by atoms with van der Waals surface area (Å²) in [6, 6.07) is 8.24. The van der Waals surface area contributed by atoms with Gasteiger partial charge in [-0.3, -0.25) is 0 Å². The molecular weight excluding hydrogens is 470 g/mol. The SMILES string of the molecule is CC(C)(C)OC(=O)N[C@H]1CC[C@](Cc2ccc(F)c(-c3cccc(F)c3O)c2)(c2nc(CO)co2)C1. The van der Waals surface area contributed by atoms with E-state index in [2.05, 4.69) is 10.3 Å². The van der Waals surface area contributed by atoms with Crippen LogP contribution in [0, 0.1) is 11.6 Å². The summed E-state index contributed by atoms with van der Waals surface area (Å²) >= 11 is 0. The summed E-state index contributed by atoms with van der Waals surface area (Å²) in [5.74, 6) is -1.63. The van der Waals surface area contributed by atoms with E-state index < -0.39 is 34.5 Å². The average Bonchev–Trinajstić information content (AvgIpc) is 3.44. The van der Waals surface area contributed by atoms with Crippen molar-refractivity contribution in [3.8, 4) is 16.9 Å². The number of carbonyl (C=O) groups is 1. The molecule has 1 aromatic heterocycles. The number of nitrogens with zero attached hydrogens (tertiary/aromatic N) is 1. The highest BCUT2D eigenvalue weighted by atomic mass is 19.1. The number of hydrogen-bond donors (Lipinski definition) is 3. The lowest BCUT2D eigenvalue weighted by Gasteiger charge is -2.27. The van der Waals surface area contributed by atoms with E-state index in [1.807, 2.05) is 0 Å². The van der Waals surface area contributed by atoms with E-state index in [1.54, 1.807) is 32.9 Å². The Bertz CT molecular complexity index is 1250. The molecule has 0 aliphatic heterocycles. The number of amides is 1. The Hall–Kier alpha value is -3.46. The molecule has 1 heterocycles. The molecule has 0 unspecified atom stereocenters. The zero-order valence-electron chi connectivity index (χ0n) is 20.5. The number of phenolic OH excluding ortho intramolecular Hbond substituents is 1. The van der Waals surface area contributed by atoms with Crippen molar-refractivity contribution >= 4 is 6.09 Å². The van der Waals surface area contributed by atoms with Gasteiger partial charge in [0.05, 0.1) is 12.0 Å². The maximum absolute atomic E-state index is 14.7. The number of aliphatic hydroxyl groups excluding tert-OH is 1. The van der Waals surface area contributed by atoms with Crippen LogP contribution in [-0.4, -0.2) is 32.9 Å². The number of benzene rings is 2. The van der Waals surface area contributed by atoms with E-state index in [4.69, 9.17) is 9.15 Å². The summed E-state index contributed by atoms with van der Waals surface area (Å²) in [4.78, 5) is 16.8. The van der Waals surface area contributed by atoms with Gasteiger partial charge in [0.1, 0.15) is 23.4 Å². The van der Waals surface area contributed by atoms with Gasteiger partial charge >= 0.3 is 6.09 Å². The molecule has 0 radical (unpaired) electrons. The van der Waals surface area contributed by atoms with Gasteiger partial charge in [-0.05, 0) is 70.2 Å². The Morgan fingerprint density at radius 1 is 1.22 bits per heavy atom. The van der Waals surface area contributed by atoms with Crippen LogP contribution in [0.15, 0.2) is 47.1 Å². The standard InChI is InChI=1S/C27H30F2N2O5/c1-26(2,3)36-25(34)31-17-9-10-27(13-17,24-30-18(14-32)15-35-24)12-16-7-8-21(28)20(11-16)19-5-4-6-22(29)23(19)33/h4-8,11,15,17,32-33H,9-10,12-14H2,1-3H3,(H,31,34)/t17-,27+/m0/s1. The Morgan fingerprint density at radius 2 is 2.00 bits per heavy atom. The lowest BCUT2D eigenvalue weighted by Crippen LogP contribution is -2.39. The topological polar surface area (TPSA) is 105 Å². The molecule has 1 aliphatic rings. The van der Waals surface area contributed by atoms with E-state index in [0.29, 0.717) is 37.3 Å². The van der Waals surface area contributed by atoms with Crippen LogP contribution in [0.2, 0.25) is 0 Å². The number of aromatic hydroxyl groups is 1. The molecule has 4 rings (SSSR count). The van der Waals surface area contributed by atoms with Crippen LogP contribution in [0.3, 0.4) is 0 Å². The van der Waals surface area contributed by atoms with Crippen molar-refractivity contribution in [1.29, 1.82) is 0 Å². The summed E-state index contributed by atoms with van der Waals surface area (Å²) in [7, 11) is 0. The predicted molar refractivity (Wildman–Crippen MR) is 128 cm³/mol. The zero-order valence-corrected chi connectivity index (χ0v) is 20.5. The fourth-order valence-electron chi connectivity index (χ4n) is 4.79. The van der Waals surface area contributed by atoms with Crippen molar-refractivity contribution in [1.82, 2.24) is 10.3 Å². The van der Waals surface area contributed by atoms with Crippen LogP contribution in [0.5, 0.6) is 5.75 Å². The van der Waals surface area contributed by atoms with Gasteiger partial charge < -0.3 is 24.7 Å². The number of hydrogen-bond acceptors (Lipinski definition) is 6. The van der Waals surface area contributed by atoms with Gasteiger partial charge in [-0.2, -0.15) is 0 Å². The molecule has 1 aliphatic carbocycles. The Labute approximate surface area is 208 Å². The molecule has 0 spiro atoms. The van der Waals surface area contributed by atoms with Gasteiger partial charge in [-0.15, -0.1) is 0 Å². The first-order chi connectivity index (χ1) is 17.0. The Morgan fingerprint density at radius 3 is 2.69 bits per heavy atom. The van der Waals surface area contributed by atoms with E-state index >= 15 is 0 Å². The maximum Gasteiger partial charge on any atom is 0.407 e. The maximum atomic E-state index is 14.7. The molecule has 1 saturated carbocycles. The third-order valence-corrected chi connectivity index (χ3v) is 6.35. The number of carbonyl (C=O) groups excluding carboxylic acids is 1. The second kappa shape index (κ2) is 9.89. The summed E-state index contributed by atoms with van der Waals surface area (Å²) < 4.78 is 39.8. The number of halogens is 2. The number of oxazole rings is 1. The van der Waals surface area contributed by atoms with Gasteiger partial charge in [0.25, 0.3) is 0 Å². The minimum absolute atomic E-state index is 0.0537. The van der Waals surface area contributed by atoms with Gasteiger partial charge in [-0.25, -0.2) is 18.6 Å². The molecule has 3 N–H and O–H groups in total. The quantitative estimate of drug-likeness (QED) is 0.420. The first-order valence-corrected chi connectivity index (χ1v) is 11.8. The molecule has 7 nitrogen and oxygen atoms in total. The first kappa shape index (κ1) is 25.6. The van der Waals surface area contributed by atoms with Crippen molar-refractivity contribution in [3.05, 3.63) is 71.4 Å².